The number of para-hydroxylation sites is 1. The molecular weight excluding hydrogens is 338 g/mol. The highest BCUT2D eigenvalue weighted by Crippen LogP contribution is 2.28. The lowest BCUT2D eigenvalue weighted by Gasteiger charge is -2.22. The maximum Gasteiger partial charge on any atom is 0.0767 e. The summed E-state index contributed by atoms with van der Waals surface area (Å²) >= 11 is 0. The van der Waals surface area contributed by atoms with Crippen LogP contribution in [0.3, 0.4) is 0 Å². The molecule has 0 saturated carbocycles. The van der Waals surface area contributed by atoms with E-state index in [1.807, 2.05) is 54.6 Å². The molecule has 0 heterocycles. The van der Waals surface area contributed by atoms with E-state index in [1.54, 1.807) is 0 Å². The molecule has 4 rings (SSSR count). The van der Waals surface area contributed by atoms with Crippen molar-refractivity contribution in [3.05, 3.63) is 138 Å². The highest BCUT2D eigenvalue weighted by atomic mass is 14.9. The van der Waals surface area contributed by atoms with E-state index in [9.17, 15) is 0 Å². The molecule has 0 atom stereocenters. The van der Waals surface area contributed by atoms with E-state index in [4.69, 9.17) is 0 Å². The van der Waals surface area contributed by atoms with Gasteiger partial charge in [-0.05, 0) is 35.4 Å². The van der Waals surface area contributed by atoms with E-state index < -0.39 is 0 Å². The van der Waals surface area contributed by atoms with Gasteiger partial charge in [-0.2, -0.15) is 0 Å². The first kappa shape index (κ1) is 17.6. The molecule has 0 spiro atoms. The lowest BCUT2D eigenvalue weighted by Crippen LogP contribution is -2.13. The smallest absolute Gasteiger partial charge is 0.0767 e. The third-order valence-electron chi connectivity index (χ3n) is 4.61. The molecule has 28 heavy (non-hydrogen) atoms. The zero-order chi connectivity index (χ0) is 19.0. The van der Waals surface area contributed by atoms with Gasteiger partial charge >= 0.3 is 0 Å². The topological polar surface area (TPSA) is 12.0 Å². The molecule has 0 aliphatic rings. The summed E-state index contributed by atoms with van der Waals surface area (Å²) in [6.07, 6.45) is 0. The molecule has 0 amide bonds. The monoisotopic (exact) mass is 359 g/mol. The fraction of sp³-hybridized carbons (Fsp3) is 0.0370. The molecule has 0 radical (unpaired) electrons. The van der Waals surface area contributed by atoms with Gasteiger partial charge in [0.1, 0.15) is 0 Å². The van der Waals surface area contributed by atoms with Gasteiger partial charge in [0.05, 0.1) is 11.7 Å². The number of hydrogen-bond donors (Lipinski definition) is 1. The normalized spacial score (nSPS) is 10.2. The van der Waals surface area contributed by atoms with Crippen LogP contribution in [0.4, 0.5) is 5.69 Å². The molecule has 0 bridgehead atoms. The number of benzene rings is 4. The molecule has 4 aromatic rings. The third-order valence-corrected chi connectivity index (χ3v) is 4.61. The van der Waals surface area contributed by atoms with E-state index in [0.717, 1.165) is 16.8 Å². The van der Waals surface area contributed by atoms with Crippen LogP contribution >= 0.6 is 0 Å². The Morgan fingerprint density at radius 2 is 1.00 bits per heavy atom. The molecule has 1 nitrogen and oxygen atoms in total. The fourth-order valence-electron chi connectivity index (χ4n) is 3.18. The Morgan fingerprint density at radius 3 is 1.61 bits per heavy atom. The van der Waals surface area contributed by atoms with E-state index in [2.05, 4.69) is 77.8 Å². The minimum Gasteiger partial charge on any atom is -0.373 e. The zero-order valence-electron chi connectivity index (χ0n) is 15.5. The highest BCUT2D eigenvalue weighted by Gasteiger charge is 2.14. The molecule has 0 saturated heterocycles. The van der Waals surface area contributed by atoms with Gasteiger partial charge < -0.3 is 5.32 Å². The average Bonchev–Trinajstić information content (AvgIpc) is 2.78. The van der Waals surface area contributed by atoms with Crippen LogP contribution in [0.25, 0.3) is 0 Å². The third kappa shape index (κ3) is 4.31. The first-order chi connectivity index (χ1) is 13.9. The summed E-state index contributed by atoms with van der Waals surface area (Å²) in [5.74, 6) is 6.59. The van der Waals surface area contributed by atoms with Crippen molar-refractivity contribution >= 4 is 5.69 Å². The van der Waals surface area contributed by atoms with Gasteiger partial charge in [0.25, 0.3) is 0 Å². The van der Waals surface area contributed by atoms with Crippen LogP contribution in [0.15, 0.2) is 115 Å². The van der Waals surface area contributed by atoms with Crippen LogP contribution in [-0.4, -0.2) is 0 Å². The van der Waals surface area contributed by atoms with Crippen molar-refractivity contribution in [3.63, 3.8) is 0 Å². The molecule has 1 N–H and O–H groups in total. The van der Waals surface area contributed by atoms with Crippen molar-refractivity contribution < 1.29 is 0 Å². The Labute approximate surface area is 166 Å². The van der Waals surface area contributed by atoms with Crippen molar-refractivity contribution in [1.82, 2.24) is 0 Å². The van der Waals surface area contributed by atoms with Gasteiger partial charge in [0.15, 0.2) is 0 Å². The minimum absolute atomic E-state index is 0.0575. The fourth-order valence-corrected chi connectivity index (χ4v) is 3.18. The van der Waals surface area contributed by atoms with Crippen molar-refractivity contribution in [2.45, 2.75) is 6.04 Å². The van der Waals surface area contributed by atoms with E-state index in [1.165, 1.54) is 11.1 Å². The SMILES string of the molecule is C(#Cc1ccccc1NC(c1ccccc1)c1ccccc1)c1ccccc1. The minimum atomic E-state index is 0.0575. The summed E-state index contributed by atoms with van der Waals surface area (Å²) in [6, 6.07) is 39.4. The summed E-state index contributed by atoms with van der Waals surface area (Å²) in [6.45, 7) is 0. The van der Waals surface area contributed by atoms with Gasteiger partial charge in [-0.25, -0.2) is 0 Å². The zero-order valence-corrected chi connectivity index (χ0v) is 15.5. The second kappa shape index (κ2) is 8.75. The molecular formula is C27H21N. The Kier molecular flexibility index (Phi) is 5.52. The van der Waals surface area contributed by atoms with Gasteiger partial charge in [-0.3, -0.25) is 0 Å². The molecule has 0 fully saturated rings. The van der Waals surface area contributed by atoms with Gasteiger partial charge in [0, 0.05) is 11.1 Å². The number of anilines is 1. The molecule has 0 unspecified atom stereocenters. The van der Waals surface area contributed by atoms with E-state index in [0.29, 0.717) is 0 Å². The van der Waals surface area contributed by atoms with E-state index >= 15 is 0 Å². The Balaban J connectivity index is 1.69. The number of rotatable bonds is 4. The van der Waals surface area contributed by atoms with Crippen molar-refractivity contribution in [3.8, 4) is 11.8 Å². The molecule has 134 valence electrons. The predicted octanol–water partition coefficient (Wildman–Crippen LogP) is 6.29. The van der Waals surface area contributed by atoms with Crippen LogP contribution < -0.4 is 5.32 Å². The molecule has 0 aromatic heterocycles. The lowest BCUT2D eigenvalue weighted by atomic mass is 9.98. The summed E-state index contributed by atoms with van der Waals surface area (Å²) in [4.78, 5) is 0. The Morgan fingerprint density at radius 1 is 0.500 bits per heavy atom. The maximum atomic E-state index is 3.71. The first-order valence-corrected chi connectivity index (χ1v) is 9.43. The van der Waals surface area contributed by atoms with Gasteiger partial charge in [0.2, 0.25) is 0 Å². The van der Waals surface area contributed by atoms with Crippen LogP contribution in [0.2, 0.25) is 0 Å². The molecule has 1 heteroatoms. The van der Waals surface area contributed by atoms with Crippen molar-refractivity contribution in [2.75, 3.05) is 5.32 Å². The Bertz CT molecular complexity index is 1030. The average molecular weight is 359 g/mol. The van der Waals surface area contributed by atoms with E-state index in [-0.39, 0.29) is 6.04 Å². The number of nitrogens with one attached hydrogen (secondary N) is 1. The van der Waals surface area contributed by atoms with Crippen LogP contribution in [0.5, 0.6) is 0 Å². The summed E-state index contributed by atoms with van der Waals surface area (Å²) < 4.78 is 0. The Hall–Kier alpha value is -3.76. The second-order valence-electron chi connectivity index (χ2n) is 6.56. The molecule has 0 aliphatic carbocycles. The van der Waals surface area contributed by atoms with Crippen molar-refractivity contribution in [1.29, 1.82) is 0 Å². The molecule has 0 aliphatic heterocycles. The maximum absolute atomic E-state index is 3.71. The second-order valence-corrected chi connectivity index (χ2v) is 6.56. The summed E-state index contributed by atoms with van der Waals surface area (Å²) in [5, 5.41) is 3.71. The molecule has 4 aromatic carbocycles. The number of hydrogen-bond acceptors (Lipinski definition) is 1. The summed E-state index contributed by atoms with van der Waals surface area (Å²) in [5.41, 5.74) is 5.48. The summed E-state index contributed by atoms with van der Waals surface area (Å²) in [7, 11) is 0. The standard InChI is InChI=1S/C27H21N/c1-4-12-22(13-5-1)20-21-23-14-10-11-19-26(23)28-27(24-15-6-2-7-16-24)25-17-8-3-9-18-25/h1-19,27-28H. The van der Waals surface area contributed by atoms with Gasteiger partial charge in [-0.1, -0.05) is 103 Å². The van der Waals surface area contributed by atoms with Crippen molar-refractivity contribution in [2.24, 2.45) is 0 Å². The lowest BCUT2D eigenvalue weighted by molar-refractivity contribution is 0.938. The quantitative estimate of drug-likeness (QED) is 0.422. The van der Waals surface area contributed by atoms with Gasteiger partial charge in [-0.15, -0.1) is 0 Å². The van der Waals surface area contributed by atoms with Crippen LogP contribution in [-0.2, 0) is 0 Å². The first-order valence-electron chi connectivity index (χ1n) is 9.43. The highest BCUT2D eigenvalue weighted by molar-refractivity contribution is 5.62. The van der Waals surface area contributed by atoms with Crippen LogP contribution in [0, 0.1) is 11.8 Å². The van der Waals surface area contributed by atoms with Crippen LogP contribution in [0.1, 0.15) is 28.3 Å². The predicted molar refractivity (Wildman–Crippen MR) is 117 cm³/mol. The largest absolute Gasteiger partial charge is 0.373 e.